The number of methoxy groups -OCH3 is 1. The largest absolute Gasteiger partial charge is 0.493 e. The summed E-state index contributed by atoms with van der Waals surface area (Å²) in [6.07, 6.45) is -3.68. The lowest BCUT2D eigenvalue weighted by molar-refractivity contribution is -0.145. The molecule has 0 aliphatic rings. The van der Waals surface area contributed by atoms with Crippen LogP contribution in [-0.4, -0.2) is 44.3 Å². The predicted molar refractivity (Wildman–Crippen MR) is 120 cm³/mol. The van der Waals surface area contributed by atoms with Gasteiger partial charge in [0.2, 0.25) is 11.8 Å². The average Bonchev–Trinajstić information content (AvgIpc) is 2.81. The Labute approximate surface area is 199 Å². The van der Waals surface area contributed by atoms with Gasteiger partial charge in [-0.3, -0.25) is 9.59 Å². The molecular weight excluding hydrogens is 471 g/mol. The number of hydrogen-bond donors (Lipinski definition) is 2. The van der Waals surface area contributed by atoms with Crippen molar-refractivity contribution in [3.05, 3.63) is 53.6 Å². The number of amides is 2. The van der Waals surface area contributed by atoms with Crippen LogP contribution in [0.25, 0.3) is 0 Å². The molecule has 35 heavy (non-hydrogen) atoms. The molecule has 0 aromatic heterocycles. The molecule has 2 N–H and O–H groups in total. The number of rotatable bonds is 11. The van der Waals surface area contributed by atoms with Crippen LogP contribution < -0.4 is 20.2 Å². The van der Waals surface area contributed by atoms with Crippen molar-refractivity contribution in [2.45, 2.75) is 25.9 Å². The van der Waals surface area contributed by atoms with E-state index in [9.17, 15) is 27.6 Å². The van der Waals surface area contributed by atoms with Gasteiger partial charge >= 0.3 is 12.1 Å². The minimum absolute atomic E-state index is 0.0214. The van der Waals surface area contributed by atoms with Gasteiger partial charge in [-0.15, -0.1) is 0 Å². The first-order valence-corrected chi connectivity index (χ1v) is 10.4. The van der Waals surface area contributed by atoms with Crippen LogP contribution >= 0.6 is 0 Å². The lowest BCUT2D eigenvalue weighted by Gasteiger charge is -2.10. The highest BCUT2D eigenvalue weighted by Crippen LogP contribution is 2.30. The lowest BCUT2D eigenvalue weighted by Crippen LogP contribution is -2.20. The van der Waals surface area contributed by atoms with Crippen LogP contribution in [0, 0.1) is 0 Å². The van der Waals surface area contributed by atoms with Gasteiger partial charge < -0.3 is 19.5 Å². The van der Waals surface area contributed by atoms with Gasteiger partial charge in [-0.1, -0.05) is 6.07 Å². The second-order valence-electron chi connectivity index (χ2n) is 6.92. The molecule has 0 heterocycles. The number of carbonyl (C=O) groups excluding carboxylic acids is 3. The zero-order valence-electron chi connectivity index (χ0n) is 19.0. The number of carbonyl (C=O) groups is 3. The molecule has 2 rings (SSSR count). The van der Waals surface area contributed by atoms with Crippen LogP contribution in [0.5, 0.6) is 11.5 Å². The summed E-state index contributed by atoms with van der Waals surface area (Å²) in [5, 5.41) is 6.12. The average molecular weight is 495 g/mol. The zero-order valence-corrected chi connectivity index (χ0v) is 19.0. The molecule has 2 aromatic carbocycles. The molecule has 2 aromatic rings. The first kappa shape index (κ1) is 27.2. The fraction of sp³-hybridized carbons (Fsp3) is 0.304. The topological polar surface area (TPSA) is 115 Å². The van der Waals surface area contributed by atoms with Gasteiger partial charge in [0.1, 0.15) is 0 Å². The molecule has 0 radical (unpaired) electrons. The second kappa shape index (κ2) is 13.0. The van der Waals surface area contributed by atoms with Crippen LogP contribution in [0.1, 0.15) is 30.9 Å². The number of nitrogens with one attached hydrogen (secondary N) is 2. The third-order valence-electron chi connectivity index (χ3n) is 4.29. The Morgan fingerprint density at radius 3 is 2.46 bits per heavy atom. The molecule has 0 fully saturated rings. The molecule has 0 saturated heterocycles. The maximum Gasteiger partial charge on any atom is 0.416 e. The third kappa shape index (κ3) is 9.35. The molecule has 0 spiro atoms. The number of alkyl halides is 3. The molecule has 0 aliphatic carbocycles. The van der Waals surface area contributed by atoms with Crippen molar-refractivity contribution in [1.29, 1.82) is 0 Å². The second-order valence-corrected chi connectivity index (χ2v) is 6.92. The monoisotopic (exact) mass is 495 g/mol. The Morgan fingerprint density at radius 1 is 1.03 bits per heavy atom. The van der Waals surface area contributed by atoms with Crippen LogP contribution in [0.15, 0.2) is 47.6 Å². The molecule has 0 aliphatic heterocycles. The summed E-state index contributed by atoms with van der Waals surface area (Å²) in [4.78, 5) is 35.3. The molecule has 0 bridgehead atoms. The number of ether oxygens (including phenoxy) is 3. The van der Waals surface area contributed by atoms with Gasteiger partial charge in [0.05, 0.1) is 25.5 Å². The van der Waals surface area contributed by atoms with Crippen LogP contribution in [0.4, 0.5) is 18.9 Å². The molecule has 9 nitrogen and oxygen atoms in total. The van der Waals surface area contributed by atoms with Crippen molar-refractivity contribution >= 4 is 29.7 Å². The first-order valence-electron chi connectivity index (χ1n) is 10.4. The summed E-state index contributed by atoms with van der Waals surface area (Å²) in [5.74, 6) is -1.07. The molecule has 0 unspecified atom stereocenters. The van der Waals surface area contributed by atoms with E-state index < -0.39 is 29.5 Å². The van der Waals surface area contributed by atoms with Crippen molar-refractivity contribution in [3.63, 3.8) is 0 Å². The van der Waals surface area contributed by atoms with Crippen molar-refractivity contribution in [2.75, 3.05) is 25.6 Å². The fourth-order valence-corrected chi connectivity index (χ4v) is 2.68. The standard InChI is InChI=1S/C23H24F3N3O6/c1-3-34-22(32)14-35-18-8-7-15(11-19(18)33-2)13-27-29-21(31)10-9-20(30)28-17-6-4-5-16(12-17)23(24,25)26/h4-8,11-13H,3,9-10,14H2,1-2H3,(H,28,30)(H,29,31). The van der Waals surface area contributed by atoms with Crippen LogP contribution in [-0.2, 0) is 25.3 Å². The van der Waals surface area contributed by atoms with E-state index in [2.05, 4.69) is 15.8 Å². The van der Waals surface area contributed by atoms with E-state index in [0.29, 0.717) is 17.1 Å². The molecule has 0 atom stereocenters. The van der Waals surface area contributed by atoms with Gasteiger partial charge in [-0.2, -0.15) is 18.3 Å². The summed E-state index contributed by atoms with van der Waals surface area (Å²) in [7, 11) is 1.42. The Bertz CT molecular complexity index is 1070. The van der Waals surface area contributed by atoms with Gasteiger partial charge in [-0.05, 0) is 48.9 Å². The van der Waals surface area contributed by atoms with Crippen LogP contribution in [0.2, 0.25) is 0 Å². The zero-order chi connectivity index (χ0) is 25.8. The highest BCUT2D eigenvalue weighted by Gasteiger charge is 2.30. The van der Waals surface area contributed by atoms with Gasteiger partial charge in [0, 0.05) is 18.5 Å². The Morgan fingerprint density at radius 2 is 1.77 bits per heavy atom. The third-order valence-corrected chi connectivity index (χ3v) is 4.29. The molecular formula is C23H24F3N3O6. The van der Waals surface area contributed by atoms with Crippen LogP contribution in [0.3, 0.4) is 0 Å². The minimum atomic E-state index is -4.53. The number of nitrogens with zero attached hydrogens (tertiary/aromatic N) is 1. The Kier molecular flexibility index (Phi) is 10.1. The van der Waals surface area contributed by atoms with E-state index in [1.807, 2.05) is 0 Å². The number of benzene rings is 2. The van der Waals surface area contributed by atoms with Gasteiger partial charge in [0.15, 0.2) is 18.1 Å². The van der Waals surface area contributed by atoms with Crippen molar-refractivity contribution in [1.82, 2.24) is 5.43 Å². The highest BCUT2D eigenvalue weighted by atomic mass is 19.4. The maximum absolute atomic E-state index is 12.7. The fourth-order valence-electron chi connectivity index (χ4n) is 2.68. The number of anilines is 1. The highest BCUT2D eigenvalue weighted by molar-refractivity contribution is 5.93. The molecule has 2 amide bonds. The lowest BCUT2D eigenvalue weighted by atomic mass is 10.2. The van der Waals surface area contributed by atoms with Gasteiger partial charge in [-0.25, -0.2) is 10.2 Å². The number of halogens is 3. The minimum Gasteiger partial charge on any atom is -0.493 e. The summed E-state index contributed by atoms with van der Waals surface area (Å²) in [5.41, 5.74) is 1.89. The van der Waals surface area contributed by atoms with Gasteiger partial charge in [0.25, 0.3) is 0 Å². The van der Waals surface area contributed by atoms with E-state index >= 15 is 0 Å². The summed E-state index contributed by atoms with van der Waals surface area (Å²) in [6, 6.07) is 8.93. The van der Waals surface area contributed by atoms with E-state index in [1.54, 1.807) is 25.1 Å². The number of hydrazone groups is 1. The molecule has 12 heteroatoms. The van der Waals surface area contributed by atoms with E-state index in [-0.39, 0.29) is 31.7 Å². The molecule has 188 valence electrons. The smallest absolute Gasteiger partial charge is 0.416 e. The molecule has 0 saturated carbocycles. The summed E-state index contributed by atoms with van der Waals surface area (Å²) >= 11 is 0. The maximum atomic E-state index is 12.7. The first-order chi connectivity index (χ1) is 16.6. The Balaban J connectivity index is 1.82. The van der Waals surface area contributed by atoms with E-state index in [0.717, 1.165) is 12.1 Å². The van der Waals surface area contributed by atoms with Crippen molar-refractivity contribution in [2.24, 2.45) is 5.10 Å². The van der Waals surface area contributed by atoms with E-state index in [4.69, 9.17) is 14.2 Å². The van der Waals surface area contributed by atoms with Crippen molar-refractivity contribution < 1.29 is 41.8 Å². The SMILES string of the molecule is CCOC(=O)COc1ccc(C=NNC(=O)CCC(=O)Nc2cccc(C(F)(F)F)c2)cc1OC. The predicted octanol–water partition coefficient (Wildman–Crippen LogP) is 3.52. The summed E-state index contributed by atoms with van der Waals surface area (Å²) in [6.45, 7) is 1.64. The number of esters is 1. The Hall–Kier alpha value is -4.09. The van der Waals surface area contributed by atoms with E-state index in [1.165, 1.54) is 25.5 Å². The van der Waals surface area contributed by atoms with Crippen molar-refractivity contribution in [3.8, 4) is 11.5 Å². The number of hydrogen-bond acceptors (Lipinski definition) is 7. The normalized spacial score (nSPS) is 11.1. The summed E-state index contributed by atoms with van der Waals surface area (Å²) < 4.78 is 53.6. The quantitative estimate of drug-likeness (QED) is 0.280.